The van der Waals surface area contributed by atoms with Crippen molar-refractivity contribution < 1.29 is 0 Å². The molecular weight excluding hydrogens is 290 g/mol. The SMILES string of the molecule is C[C@@]12CCC[C@H]1[C@@H]1CCC3CCCC(c4ccc[nH]4)[C@]3(C)[C@@H]1CC2. The fraction of sp³-hybridized carbons (Fsp3) is 0.826. The Morgan fingerprint density at radius 1 is 0.917 bits per heavy atom. The van der Waals surface area contributed by atoms with Crippen LogP contribution in [0.2, 0.25) is 0 Å². The lowest BCUT2D eigenvalue weighted by atomic mass is 9.43. The molecule has 1 heterocycles. The number of rotatable bonds is 1. The maximum atomic E-state index is 3.61. The lowest BCUT2D eigenvalue weighted by Gasteiger charge is -2.62. The fourth-order valence-electron chi connectivity index (χ4n) is 8.39. The van der Waals surface area contributed by atoms with E-state index in [1.165, 1.54) is 57.8 Å². The Hall–Kier alpha value is -0.720. The quantitative estimate of drug-likeness (QED) is 0.604. The normalized spacial score (nSPS) is 50.8. The molecule has 0 amide bonds. The van der Waals surface area contributed by atoms with Gasteiger partial charge in [-0.05, 0) is 98.0 Å². The number of H-pyrrole nitrogens is 1. The molecule has 4 aliphatic carbocycles. The third kappa shape index (κ3) is 1.99. The monoisotopic (exact) mass is 325 g/mol. The van der Waals surface area contributed by atoms with Gasteiger partial charge < -0.3 is 4.98 Å². The van der Waals surface area contributed by atoms with Gasteiger partial charge in [0.25, 0.3) is 0 Å². The molecule has 1 heteroatoms. The molecule has 132 valence electrons. The van der Waals surface area contributed by atoms with Crippen molar-refractivity contribution in [1.29, 1.82) is 0 Å². The van der Waals surface area contributed by atoms with Crippen molar-refractivity contribution >= 4 is 0 Å². The number of aromatic nitrogens is 1. The Morgan fingerprint density at radius 3 is 2.67 bits per heavy atom. The van der Waals surface area contributed by atoms with E-state index in [1.807, 2.05) is 0 Å². The summed E-state index contributed by atoms with van der Waals surface area (Å²) in [7, 11) is 0. The molecule has 0 spiro atoms. The third-order valence-corrected chi connectivity index (χ3v) is 9.54. The van der Waals surface area contributed by atoms with E-state index in [0.29, 0.717) is 10.8 Å². The van der Waals surface area contributed by atoms with Crippen molar-refractivity contribution in [3.05, 3.63) is 24.0 Å². The van der Waals surface area contributed by atoms with E-state index >= 15 is 0 Å². The predicted molar refractivity (Wildman–Crippen MR) is 99.9 cm³/mol. The minimum Gasteiger partial charge on any atom is -0.365 e. The van der Waals surface area contributed by atoms with E-state index in [0.717, 1.165) is 29.6 Å². The fourth-order valence-corrected chi connectivity index (χ4v) is 8.39. The standard InChI is InChI=1S/C23H35N/c1-22-13-4-8-18(22)17-11-10-16-6-3-7-20(21-9-5-15-24-21)23(16,2)19(17)12-14-22/h5,9,15-20,24H,3-4,6-8,10-14H2,1-2H3/t16?,17-,18-,19+,20?,22-,23-/m0/s1. The molecule has 0 aromatic carbocycles. The summed E-state index contributed by atoms with van der Waals surface area (Å²) in [6.45, 7) is 5.36. The van der Waals surface area contributed by atoms with Gasteiger partial charge >= 0.3 is 0 Å². The second-order valence-electron chi connectivity index (χ2n) is 10.2. The van der Waals surface area contributed by atoms with Crippen LogP contribution in [0.4, 0.5) is 0 Å². The third-order valence-electron chi connectivity index (χ3n) is 9.54. The summed E-state index contributed by atoms with van der Waals surface area (Å²) in [6, 6.07) is 4.60. The molecule has 1 aromatic heterocycles. The van der Waals surface area contributed by atoms with E-state index in [1.54, 1.807) is 12.1 Å². The smallest absolute Gasteiger partial charge is 0.0184 e. The van der Waals surface area contributed by atoms with Gasteiger partial charge in [0.2, 0.25) is 0 Å². The molecule has 1 N–H and O–H groups in total. The number of aromatic amines is 1. The largest absolute Gasteiger partial charge is 0.365 e. The molecule has 0 aliphatic heterocycles. The molecule has 0 radical (unpaired) electrons. The molecule has 7 atom stereocenters. The average Bonchev–Trinajstić information content (AvgIpc) is 3.22. The second kappa shape index (κ2) is 5.39. The lowest BCUT2D eigenvalue weighted by Crippen LogP contribution is -2.54. The molecule has 4 aliphatic rings. The van der Waals surface area contributed by atoms with Crippen LogP contribution in [0.25, 0.3) is 0 Å². The Labute approximate surface area is 148 Å². The highest BCUT2D eigenvalue weighted by molar-refractivity contribution is 5.20. The van der Waals surface area contributed by atoms with Crippen molar-refractivity contribution in [3.8, 4) is 0 Å². The van der Waals surface area contributed by atoms with Crippen molar-refractivity contribution in [3.63, 3.8) is 0 Å². The zero-order chi connectivity index (χ0) is 16.4. The van der Waals surface area contributed by atoms with Gasteiger partial charge in [-0.1, -0.05) is 26.7 Å². The number of hydrogen-bond acceptors (Lipinski definition) is 0. The maximum Gasteiger partial charge on any atom is 0.0184 e. The zero-order valence-electron chi connectivity index (χ0n) is 15.7. The highest BCUT2D eigenvalue weighted by Crippen LogP contribution is 2.68. The summed E-state index contributed by atoms with van der Waals surface area (Å²) in [6.07, 6.45) is 17.2. The van der Waals surface area contributed by atoms with E-state index in [4.69, 9.17) is 0 Å². The van der Waals surface area contributed by atoms with Gasteiger partial charge in [0.05, 0.1) is 0 Å². The van der Waals surface area contributed by atoms with Gasteiger partial charge in [0.15, 0.2) is 0 Å². The van der Waals surface area contributed by atoms with Gasteiger partial charge in [-0.2, -0.15) is 0 Å². The van der Waals surface area contributed by atoms with Crippen molar-refractivity contribution in [2.45, 2.75) is 84.0 Å². The van der Waals surface area contributed by atoms with Gasteiger partial charge in [-0.15, -0.1) is 0 Å². The zero-order valence-corrected chi connectivity index (χ0v) is 15.7. The molecule has 1 nitrogen and oxygen atoms in total. The van der Waals surface area contributed by atoms with E-state index in [-0.39, 0.29) is 0 Å². The van der Waals surface area contributed by atoms with E-state index in [9.17, 15) is 0 Å². The van der Waals surface area contributed by atoms with Crippen LogP contribution >= 0.6 is 0 Å². The van der Waals surface area contributed by atoms with Crippen LogP contribution in [0.15, 0.2) is 18.3 Å². The highest BCUT2D eigenvalue weighted by Gasteiger charge is 2.59. The number of nitrogens with one attached hydrogen (secondary N) is 1. The van der Waals surface area contributed by atoms with Crippen molar-refractivity contribution in [1.82, 2.24) is 4.98 Å². The molecular formula is C23H35N. The summed E-state index contributed by atoms with van der Waals surface area (Å²) in [5.74, 6) is 4.82. The van der Waals surface area contributed by atoms with Crippen LogP contribution < -0.4 is 0 Å². The molecule has 1 aromatic rings. The highest BCUT2D eigenvalue weighted by atomic mass is 14.7. The Kier molecular flexibility index (Phi) is 3.48. The molecule has 0 saturated heterocycles. The van der Waals surface area contributed by atoms with Crippen LogP contribution in [0, 0.1) is 34.5 Å². The first-order chi connectivity index (χ1) is 11.6. The Bertz CT molecular complexity index is 589. The van der Waals surface area contributed by atoms with Crippen LogP contribution in [-0.2, 0) is 0 Å². The molecule has 0 bridgehead atoms. The topological polar surface area (TPSA) is 15.8 Å². The number of fused-ring (bicyclic) bond motifs is 5. The van der Waals surface area contributed by atoms with Crippen LogP contribution in [0.1, 0.15) is 89.7 Å². The summed E-state index contributed by atoms with van der Waals surface area (Å²) in [5, 5.41) is 0. The van der Waals surface area contributed by atoms with Crippen LogP contribution in [0.5, 0.6) is 0 Å². The van der Waals surface area contributed by atoms with Gasteiger partial charge in [-0.25, -0.2) is 0 Å². The summed E-state index contributed by atoms with van der Waals surface area (Å²) < 4.78 is 0. The summed E-state index contributed by atoms with van der Waals surface area (Å²) in [5.41, 5.74) is 2.79. The predicted octanol–water partition coefficient (Wildman–Crippen LogP) is 6.53. The minimum absolute atomic E-state index is 0.552. The minimum atomic E-state index is 0.552. The van der Waals surface area contributed by atoms with Crippen LogP contribution in [-0.4, -0.2) is 4.98 Å². The first kappa shape index (κ1) is 15.5. The Balaban J connectivity index is 1.53. The maximum absolute atomic E-state index is 3.61. The van der Waals surface area contributed by atoms with E-state index < -0.39 is 0 Å². The molecule has 4 fully saturated rings. The van der Waals surface area contributed by atoms with Gasteiger partial charge in [-0.3, -0.25) is 0 Å². The Morgan fingerprint density at radius 2 is 1.83 bits per heavy atom. The van der Waals surface area contributed by atoms with E-state index in [2.05, 4.69) is 37.2 Å². The number of hydrogen-bond donors (Lipinski definition) is 1. The summed E-state index contributed by atoms with van der Waals surface area (Å²) >= 11 is 0. The summed E-state index contributed by atoms with van der Waals surface area (Å²) in [4.78, 5) is 3.61. The van der Waals surface area contributed by atoms with Crippen molar-refractivity contribution in [2.75, 3.05) is 0 Å². The van der Waals surface area contributed by atoms with Gasteiger partial charge in [0, 0.05) is 17.8 Å². The first-order valence-corrected chi connectivity index (χ1v) is 10.8. The second-order valence-corrected chi connectivity index (χ2v) is 10.2. The first-order valence-electron chi connectivity index (χ1n) is 10.8. The van der Waals surface area contributed by atoms with Crippen LogP contribution in [0.3, 0.4) is 0 Å². The van der Waals surface area contributed by atoms with Gasteiger partial charge in [0.1, 0.15) is 0 Å². The molecule has 5 rings (SSSR count). The average molecular weight is 326 g/mol. The van der Waals surface area contributed by atoms with Crippen molar-refractivity contribution in [2.24, 2.45) is 34.5 Å². The lowest BCUT2D eigenvalue weighted by molar-refractivity contribution is -0.114. The molecule has 4 saturated carbocycles. The molecule has 24 heavy (non-hydrogen) atoms. The molecule has 2 unspecified atom stereocenters.